The van der Waals surface area contributed by atoms with Crippen LogP contribution >= 0.6 is 0 Å². The average molecular weight is 1080 g/mol. The van der Waals surface area contributed by atoms with Crippen LogP contribution in [0.1, 0.15) is 50.7 Å². The maximum absolute atomic E-state index is 5.10. The third-order valence-electron chi connectivity index (χ3n) is 14.7. The summed E-state index contributed by atoms with van der Waals surface area (Å²) in [6.45, 7) is 9.04. The standard InChI is InChI=1S/C38H21N4.C25H25N2.Ir/c1-40-37-30(39-38(40)21-9-3-2-4-10-21)18-17-27-24-13-8-15-26-29-19-32-28(20-33(29)42(35(24)26)36(27)37)25-14-7-12-23-22-11-5-6-16-31(22)41(32)34(23)25;1-17(2)20-13-10-14-21(18(3)4)24(20)27-23-16-9-8-15-22(23)26-25(27)19-11-6-5-7-12-19;/h2-9,11-20H,1H3;5-11,13-18H,1-4H3;/q2*-1;. The molecule has 6 aromatic heterocycles. The topological polar surface area (TPSA) is 44.5 Å². The number of fused-ring (bicyclic) bond motifs is 15. The molecule has 70 heavy (non-hydrogen) atoms. The summed E-state index contributed by atoms with van der Waals surface area (Å²) in [7, 11) is 2.13. The molecule has 9 aromatic carbocycles. The third-order valence-corrected chi connectivity index (χ3v) is 14.7. The van der Waals surface area contributed by atoms with Gasteiger partial charge in [0.1, 0.15) is 0 Å². The number of hydrogen-bond donors (Lipinski definition) is 0. The van der Waals surface area contributed by atoms with Gasteiger partial charge in [-0.1, -0.05) is 113 Å². The zero-order valence-electron chi connectivity index (χ0n) is 39.4. The normalized spacial score (nSPS) is 12.2. The summed E-state index contributed by atoms with van der Waals surface area (Å²) in [5, 5.41) is 10.3. The largest absolute Gasteiger partial charge is 0.365 e. The van der Waals surface area contributed by atoms with E-state index in [-0.39, 0.29) is 20.1 Å². The Morgan fingerprint density at radius 2 is 0.900 bits per heavy atom. The molecule has 0 amide bonds. The smallest absolute Gasteiger partial charge is 0.0839 e. The quantitative estimate of drug-likeness (QED) is 0.161. The molecule has 0 aliphatic heterocycles. The summed E-state index contributed by atoms with van der Waals surface area (Å²) in [5.74, 6) is 2.73. The van der Waals surface area contributed by atoms with Crippen LogP contribution in [-0.2, 0) is 27.2 Å². The van der Waals surface area contributed by atoms with E-state index in [1.165, 1.54) is 93.0 Å². The van der Waals surface area contributed by atoms with Crippen LogP contribution in [0.2, 0.25) is 0 Å². The predicted molar refractivity (Wildman–Crippen MR) is 288 cm³/mol. The predicted octanol–water partition coefficient (Wildman–Crippen LogP) is 16.1. The van der Waals surface area contributed by atoms with Crippen molar-refractivity contribution in [3.8, 4) is 28.5 Å². The first kappa shape index (κ1) is 42.3. The fourth-order valence-electron chi connectivity index (χ4n) is 11.7. The Morgan fingerprint density at radius 1 is 0.400 bits per heavy atom. The maximum atomic E-state index is 5.10. The van der Waals surface area contributed by atoms with Gasteiger partial charge in [0.25, 0.3) is 0 Å². The van der Waals surface area contributed by atoms with Gasteiger partial charge in [0, 0.05) is 75.9 Å². The van der Waals surface area contributed by atoms with Gasteiger partial charge in [0.05, 0.1) is 66.8 Å². The molecule has 6 nitrogen and oxygen atoms in total. The minimum atomic E-state index is 0. The number of para-hydroxylation sites is 6. The molecule has 0 atom stereocenters. The van der Waals surface area contributed by atoms with Crippen molar-refractivity contribution in [2.45, 2.75) is 39.5 Å². The third kappa shape index (κ3) is 5.89. The van der Waals surface area contributed by atoms with Crippen molar-refractivity contribution < 1.29 is 20.1 Å². The monoisotopic (exact) mass is 1080 g/mol. The van der Waals surface area contributed by atoms with Crippen LogP contribution in [0.25, 0.3) is 127 Å². The van der Waals surface area contributed by atoms with Crippen LogP contribution in [0.4, 0.5) is 0 Å². The van der Waals surface area contributed by atoms with Crippen molar-refractivity contribution in [3.63, 3.8) is 0 Å². The molecule has 1 radical (unpaired) electrons. The molecule has 7 heteroatoms. The second kappa shape index (κ2) is 15.9. The number of aromatic nitrogens is 6. The molecular formula is C63H46IrN6-2. The van der Waals surface area contributed by atoms with Gasteiger partial charge < -0.3 is 17.9 Å². The van der Waals surface area contributed by atoms with Crippen LogP contribution < -0.4 is 0 Å². The minimum absolute atomic E-state index is 0. The van der Waals surface area contributed by atoms with Gasteiger partial charge in [-0.25, -0.2) is 0 Å². The van der Waals surface area contributed by atoms with Gasteiger partial charge in [-0.3, -0.25) is 9.97 Å². The Kier molecular flexibility index (Phi) is 9.58. The zero-order valence-corrected chi connectivity index (χ0v) is 41.8. The summed E-state index contributed by atoms with van der Waals surface area (Å²) in [6, 6.07) is 69.6. The van der Waals surface area contributed by atoms with Crippen LogP contribution in [0.3, 0.4) is 0 Å². The van der Waals surface area contributed by atoms with E-state index in [2.05, 4.69) is 210 Å². The van der Waals surface area contributed by atoms with E-state index < -0.39 is 0 Å². The van der Waals surface area contributed by atoms with Crippen molar-refractivity contribution in [2.75, 3.05) is 0 Å². The number of hydrogen-bond acceptors (Lipinski definition) is 2. The van der Waals surface area contributed by atoms with Crippen LogP contribution in [0.15, 0.2) is 176 Å². The molecule has 0 aliphatic rings. The van der Waals surface area contributed by atoms with Gasteiger partial charge in [-0.05, 0) is 65.4 Å². The first-order valence-electron chi connectivity index (χ1n) is 24.0. The van der Waals surface area contributed by atoms with Crippen molar-refractivity contribution in [2.24, 2.45) is 7.05 Å². The first-order valence-corrected chi connectivity index (χ1v) is 24.0. The van der Waals surface area contributed by atoms with Gasteiger partial charge >= 0.3 is 0 Å². The second-order valence-corrected chi connectivity index (χ2v) is 19.2. The van der Waals surface area contributed by atoms with E-state index in [1.54, 1.807) is 0 Å². The molecule has 0 fully saturated rings. The second-order valence-electron chi connectivity index (χ2n) is 19.2. The maximum Gasteiger partial charge on any atom is 0.0839 e. The van der Waals surface area contributed by atoms with E-state index >= 15 is 0 Å². The Labute approximate surface area is 418 Å². The number of benzene rings is 9. The van der Waals surface area contributed by atoms with Crippen LogP contribution in [-0.4, -0.2) is 27.9 Å². The molecule has 339 valence electrons. The van der Waals surface area contributed by atoms with E-state index in [1.807, 2.05) is 30.3 Å². The molecule has 0 N–H and O–H groups in total. The van der Waals surface area contributed by atoms with E-state index in [4.69, 9.17) is 9.97 Å². The Bertz CT molecular complexity index is 4470. The van der Waals surface area contributed by atoms with E-state index in [0.29, 0.717) is 11.8 Å². The zero-order chi connectivity index (χ0) is 46.2. The van der Waals surface area contributed by atoms with E-state index in [9.17, 15) is 0 Å². The van der Waals surface area contributed by atoms with Gasteiger partial charge in [0.2, 0.25) is 0 Å². The number of aryl methyl sites for hydroxylation is 1. The summed E-state index contributed by atoms with van der Waals surface area (Å²) >= 11 is 0. The fourth-order valence-corrected chi connectivity index (χ4v) is 11.7. The Morgan fingerprint density at radius 3 is 1.54 bits per heavy atom. The van der Waals surface area contributed by atoms with Crippen molar-refractivity contribution in [1.29, 1.82) is 0 Å². The fraction of sp³-hybridized carbons (Fsp3) is 0.111. The number of rotatable bonds is 5. The molecule has 0 aliphatic carbocycles. The average Bonchev–Trinajstić information content (AvgIpc) is 4.23. The first-order chi connectivity index (χ1) is 33.9. The van der Waals surface area contributed by atoms with Gasteiger partial charge in [-0.2, -0.15) is 0 Å². The number of imidazole rings is 2. The molecule has 0 saturated heterocycles. The summed E-state index contributed by atoms with van der Waals surface area (Å²) in [6.07, 6.45) is 0. The molecule has 15 rings (SSSR count). The van der Waals surface area contributed by atoms with Crippen LogP contribution in [0, 0.1) is 12.1 Å². The van der Waals surface area contributed by atoms with Crippen molar-refractivity contribution in [1.82, 2.24) is 27.9 Å². The molecule has 0 spiro atoms. The number of nitrogens with zero attached hydrogens (tertiary/aromatic N) is 6. The summed E-state index contributed by atoms with van der Waals surface area (Å²) < 4.78 is 9.56. The molecule has 6 heterocycles. The molecule has 15 aromatic rings. The van der Waals surface area contributed by atoms with Gasteiger partial charge in [0.15, 0.2) is 0 Å². The van der Waals surface area contributed by atoms with Crippen molar-refractivity contribution in [3.05, 3.63) is 199 Å². The molecule has 0 unspecified atom stereocenters. The molecular weight excluding hydrogens is 1030 g/mol. The molecule has 0 saturated carbocycles. The Balaban J connectivity index is 0.000000150. The Hall–Kier alpha value is -7.83. The van der Waals surface area contributed by atoms with Gasteiger partial charge in [-0.15, -0.1) is 71.8 Å². The summed E-state index contributed by atoms with van der Waals surface area (Å²) in [5.41, 5.74) is 17.9. The van der Waals surface area contributed by atoms with E-state index in [0.717, 1.165) is 44.8 Å². The molecule has 0 bridgehead atoms. The van der Waals surface area contributed by atoms with Crippen molar-refractivity contribution >= 4 is 98.3 Å². The van der Waals surface area contributed by atoms with Crippen LogP contribution in [0.5, 0.6) is 0 Å². The minimum Gasteiger partial charge on any atom is -0.365 e. The summed E-state index contributed by atoms with van der Waals surface area (Å²) in [4.78, 5) is 10.1. The SMILES string of the molecule is CC(C)c1cccc(C(C)C)c1-n1c(-c2[c-]cccc2)nc2ccccc21.Cn1c(-c2[c-]cccc2)nc2ccc3c4cccc5c6cc7c(cc6n(c54)c3c21)c1cccc2c3ccccc3n7c21.[Ir].